The number of aryl methyl sites for hydroxylation is 1. The van der Waals surface area contributed by atoms with Crippen LogP contribution in [0.15, 0.2) is 133 Å². The summed E-state index contributed by atoms with van der Waals surface area (Å²) in [6.07, 6.45) is 2.01. The first-order valence-electron chi connectivity index (χ1n) is 13.0. The molecule has 0 saturated carbocycles. The third kappa shape index (κ3) is 5.90. The Morgan fingerprint density at radius 1 is 0.526 bits per heavy atom. The summed E-state index contributed by atoms with van der Waals surface area (Å²) in [7, 11) is 3.43. The fraction of sp³-hybridized carbons (Fsp3) is 0.143. The Morgan fingerprint density at radius 2 is 1.11 bits per heavy atom. The number of anilines is 3. The van der Waals surface area contributed by atoms with Crippen LogP contribution in [0.25, 0.3) is 0 Å². The number of methoxy groups -OCH3 is 2. The van der Waals surface area contributed by atoms with Crippen LogP contribution in [-0.2, 0) is 6.42 Å². The first kappa shape index (κ1) is 25.2. The molecule has 1 unspecified atom stereocenters. The molecule has 0 spiro atoms. The van der Waals surface area contributed by atoms with Gasteiger partial charge in [-0.15, -0.1) is 0 Å². The van der Waals surface area contributed by atoms with E-state index in [1.165, 1.54) is 16.7 Å². The zero-order valence-corrected chi connectivity index (χ0v) is 22.0. The van der Waals surface area contributed by atoms with Crippen LogP contribution in [-0.4, -0.2) is 14.2 Å². The van der Waals surface area contributed by atoms with E-state index in [-0.39, 0.29) is 5.92 Å². The van der Waals surface area contributed by atoms with Crippen molar-refractivity contribution in [3.63, 3.8) is 0 Å². The van der Waals surface area contributed by atoms with E-state index in [0.717, 1.165) is 41.4 Å². The van der Waals surface area contributed by atoms with E-state index in [1.54, 1.807) is 14.2 Å². The minimum Gasteiger partial charge on any atom is -0.497 e. The molecule has 0 bridgehead atoms. The van der Waals surface area contributed by atoms with Crippen LogP contribution in [0.1, 0.15) is 29.0 Å². The lowest BCUT2D eigenvalue weighted by Crippen LogP contribution is -2.10. The molecule has 0 N–H and O–H groups in total. The minimum absolute atomic E-state index is 0.251. The van der Waals surface area contributed by atoms with Crippen molar-refractivity contribution in [2.45, 2.75) is 18.8 Å². The van der Waals surface area contributed by atoms with Gasteiger partial charge < -0.3 is 14.4 Å². The summed E-state index contributed by atoms with van der Waals surface area (Å²) >= 11 is 0. The molecule has 5 aromatic carbocycles. The van der Waals surface area contributed by atoms with Gasteiger partial charge in [-0.3, -0.25) is 0 Å². The second kappa shape index (κ2) is 12.2. The quantitative estimate of drug-likeness (QED) is 0.191. The predicted octanol–water partition coefficient (Wildman–Crippen LogP) is 8.94. The molecule has 1 atom stereocenters. The fourth-order valence-corrected chi connectivity index (χ4v) is 4.97. The van der Waals surface area contributed by atoms with Crippen molar-refractivity contribution in [3.8, 4) is 11.5 Å². The summed E-state index contributed by atoms with van der Waals surface area (Å²) in [5.41, 5.74) is 7.15. The highest BCUT2D eigenvalue weighted by molar-refractivity contribution is 5.77. The van der Waals surface area contributed by atoms with Crippen LogP contribution in [0.5, 0.6) is 11.5 Å². The maximum Gasteiger partial charge on any atom is 0.120 e. The number of benzene rings is 5. The highest BCUT2D eigenvalue weighted by Crippen LogP contribution is 2.38. The summed E-state index contributed by atoms with van der Waals surface area (Å²) in [6.45, 7) is 0. The lowest BCUT2D eigenvalue weighted by Gasteiger charge is -2.26. The second-order valence-corrected chi connectivity index (χ2v) is 9.32. The Morgan fingerprint density at radius 3 is 1.79 bits per heavy atom. The largest absolute Gasteiger partial charge is 0.497 e. The summed E-state index contributed by atoms with van der Waals surface area (Å²) in [5, 5.41) is 0. The third-order valence-corrected chi connectivity index (χ3v) is 6.94. The van der Waals surface area contributed by atoms with Gasteiger partial charge >= 0.3 is 0 Å². The number of rotatable bonds is 10. The van der Waals surface area contributed by atoms with Crippen molar-refractivity contribution in [3.05, 3.63) is 150 Å². The van der Waals surface area contributed by atoms with E-state index in [1.807, 2.05) is 24.3 Å². The highest BCUT2D eigenvalue weighted by atomic mass is 16.5. The molecule has 5 aromatic rings. The molecule has 0 saturated heterocycles. The van der Waals surface area contributed by atoms with Crippen molar-refractivity contribution in [2.24, 2.45) is 0 Å². The molecule has 0 heterocycles. The number of para-hydroxylation sites is 1. The zero-order chi connectivity index (χ0) is 26.2. The van der Waals surface area contributed by atoms with Gasteiger partial charge in [-0.05, 0) is 78.1 Å². The van der Waals surface area contributed by atoms with Crippen LogP contribution in [0.3, 0.4) is 0 Å². The van der Waals surface area contributed by atoms with Gasteiger partial charge in [0.15, 0.2) is 0 Å². The van der Waals surface area contributed by atoms with Gasteiger partial charge in [0.2, 0.25) is 0 Å². The Hall–Kier alpha value is -4.50. The average molecular weight is 500 g/mol. The van der Waals surface area contributed by atoms with E-state index in [9.17, 15) is 0 Å². The molecule has 0 aliphatic heterocycles. The SMILES string of the molecule is COc1cccc(C(CCc2ccccc2)c2ccc(N(c3ccccc3)c3cccc(OC)c3)cc2)c1. The molecule has 38 heavy (non-hydrogen) atoms. The normalized spacial score (nSPS) is 11.5. The van der Waals surface area contributed by atoms with E-state index in [2.05, 4.69) is 114 Å². The summed E-state index contributed by atoms with van der Waals surface area (Å²) in [5.74, 6) is 1.97. The molecular formula is C35H33NO2. The van der Waals surface area contributed by atoms with Gasteiger partial charge in [-0.2, -0.15) is 0 Å². The molecule has 0 fully saturated rings. The molecule has 190 valence electrons. The molecule has 0 amide bonds. The van der Waals surface area contributed by atoms with E-state index < -0.39 is 0 Å². The minimum atomic E-state index is 0.251. The van der Waals surface area contributed by atoms with Gasteiger partial charge in [0.25, 0.3) is 0 Å². The van der Waals surface area contributed by atoms with Gasteiger partial charge in [0.1, 0.15) is 11.5 Å². The number of hydrogen-bond acceptors (Lipinski definition) is 3. The Labute approximate surface area is 225 Å². The standard InChI is InChI=1S/C35H33NO2/c1-37-33-17-9-13-29(25-33)35(24-19-27-11-5-3-6-12-27)28-20-22-31(23-21-28)36(30-14-7-4-8-15-30)32-16-10-18-34(26-32)38-2/h3-18,20-23,25-26,35H,19,24H2,1-2H3. The molecule has 0 aliphatic carbocycles. The van der Waals surface area contributed by atoms with Crippen molar-refractivity contribution < 1.29 is 9.47 Å². The molecule has 0 radical (unpaired) electrons. The summed E-state index contributed by atoms with van der Waals surface area (Å²) in [4.78, 5) is 2.26. The third-order valence-electron chi connectivity index (χ3n) is 6.94. The van der Waals surface area contributed by atoms with Crippen molar-refractivity contribution >= 4 is 17.1 Å². The van der Waals surface area contributed by atoms with Crippen molar-refractivity contribution in [1.82, 2.24) is 0 Å². The first-order chi connectivity index (χ1) is 18.7. The monoisotopic (exact) mass is 499 g/mol. The van der Waals surface area contributed by atoms with Crippen molar-refractivity contribution in [2.75, 3.05) is 19.1 Å². The zero-order valence-electron chi connectivity index (χ0n) is 22.0. The molecule has 0 aromatic heterocycles. The lowest BCUT2D eigenvalue weighted by atomic mass is 9.86. The molecular weight excluding hydrogens is 466 g/mol. The summed E-state index contributed by atoms with van der Waals surface area (Å²) < 4.78 is 11.1. The van der Waals surface area contributed by atoms with Crippen LogP contribution >= 0.6 is 0 Å². The smallest absolute Gasteiger partial charge is 0.120 e. The maximum atomic E-state index is 5.55. The van der Waals surface area contributed by atoms with E-state index in [4.69, 9.17) is 9.47 Å². The van der Waals surface area contributed by atoms with Crippen LogP contribution < -0.4 is 14.4 Å². The maximum absolute atomic E-state index is 5.55. The van der Waals surface area contributed by atoms with Gasteiger partial charge in [0.05, 0.1) is 14.2 Å². The van der Waals surface area contributed by atoms with Gasteiger partial charge in [0, 0.05) is 29.0 Å². The van der Waals surface area contributed by atoms with Crippen molar-refractivity contribution in [1.29, 1.82) is 0 Å². The van der Waals surface area contributed by atoms with Crippen LogP contribution in [0.4, 0.5) is 17.1 Å². The Kier molecular flexibility index (Phi) is 8.05. The number of ether oxygens (including phenoxy) is 2. The van der Waals surface area contributed by atoms with Crippen LogP contribution in [0.2, 0.25) is 0 Å². The predicted molar refractivity (Wildman–Crippen MR) is 157 cm³/mol. The summed E-state index contributed by atoms with van der Waals surface area (Å²) in [6, 6.07) is 46.8. The molecule has 3 nitrogen and oxygen atoms in total. The Balaban J connectivity index is 1.50. The topological polar surface area (TPSA) is 21.7 Å². The Bertz CT molecular complexity index is 1430. The average Bonchev–Trinajstić information content (AvgIpc) is 2.99. The number of nitrogens with zero attached hydrogens (tertiary/aromatic N) is 1. The number of hydrogen-bond donors (Lipinski definition) is 0. The molecule has 5 rings (SSSR count). The molecule has 3 heteroatoms. The molecule has 0 aliphatic rings. The second-order valence-electron chi connectivity index (χ2n) is 9.32. The fourth-order valence-electron chi connectivity index (χ4n) is 4.97. The first-order valence-corrected chi connectivity index (χ1v) is 13.0. The van der Waals surface area contributed by atoms with E-state index >= 15 is 0 Å². The van der Waals surface area contributed by atoms with E-state index in [0.29, 0.717) is 0 Å². The lowest BCUT2D eigenvalue weighted by molar-refractivity contribution is 0.414. The highest BCUT2D eigenvalue weighted by Gasteiger charge is 2.18. The van der Waals surface area contributed by atoms with Gasteiger partial charge in [-0.1, -0.05) is 78.9 Å². The van der Waals surface area contributed by atoms with Gasteiger partial charge in [-0.25, -0.2) is 0 Å². The van der Waals surface area contributed by atoms with Crippen LogP contribution in [0, 0.1) is 0 Å².